The van der Waals surface area contributed by atoms with Crippen LogP contribution >= 0.6 is 22.9 Å². The zero-order chi connectivity index (χ0) is 16.4. The highest BCUT2D eigenvalue weighted by Crippen LogP contribution is 2.34. The molecule has 3 heterocycles. The number of hydrogen-bond donors (Lipinski definition) is 0. The van der Waals surface area contributed by atoms with Gasteiger partial charge in [0, 0.05) is 22.5 Å². The number of halogens is 1. The zero-order valence-corrected chi connectivity index (χ0v) is 14.8. The number of nitrogens with zero attached hydrogens (tertiary/aromatic N) is 3. The quantitative estimate of drug-likeness (QED) is 0.643. The fourth-order valence-corrected chi connectivity index (χ4v) is 4.00. The van der Waals surface area contributed by atoms with Gasteiger partial charge in [0.05, 0.1) is 6.04 Å². The second kappa shape index (κ2) is 7.05. The molecule has 124 valence electrons. The molecule has 1 atom stereocenters. The van der Waals surface area contributed by atoms with E-state index >= 15 is 0 Å². The minimum Gasteiger partial charge on any atom is -0.419 e. The lowest BCUT2D eigenvalue weighted by Crippen LogP contribution is -2.33. The standard InChI is InChI=1S/C18H18ClN3OS/c19-15-6-2-1-5-13(15)11-22-9-4-3-7-16(22)18-21-20-17(23-18)14-8-10-24-12-14/h1-2,5-6,8,10,12,16H,3-4,7,9,11H2. The molecule has 1 aliphatic heterocycles. The van der Waals surface area contributed by atoms with E-state index in [-0.39, 0.29) is 6.04 Å². The van der Waals surface area contributed by atoms with Gasteiger partial charge in [0.15, 0.2) is 0 Å². The molecule has 6 heteroatoms. The molecular formula is C18H18ClN3OS. The van der Waals surface area contributed by atoms with E-state index in [0.29, 0.717) is 11.8 Å². The van der Waals surface area contributed by atoms with E-state index in [1.54, 1.807) is 11.3 Å². The van der Waals surface area contributed by atoms with Crippen molar-refractivity contribution in [1.29, 1.82) is 0 Å². The molecule has 0 saturated carbocycles. The Balaban J connectivity index is 1.57. The highest BCUT2D eigenvalue weighted by atomic mass is 35.5. The van der Waals surface area contributed by atoms with Crippen LogP contribution in [-0.2, 0) is 6.54 Å². The molecule has 2 aromatic heterocycles. The van der Waals surface area contributed by atoms with Crippen LogP contribution in [0.15, 0.2) is 45.5 Å². The van der Waals surface area contributed by atoms with Gasteiger partial charge < -0.3 is 4.42 Å². The number of hydrogen-bond acceptors (Lipinski definition) is 5. The first-order valence-corrected chi connectivity index (χ1v) is 9.47. The molecule has 0 bridgehead atoms. The summed E-state index contributed by atoms with van der Waals surface area (Å²) in [5, 5.41) is 13.4. The Bertz CT molecular complexity index is 802. The van der Waals surface area contributed by atoms with E-state index in [4.69, 9.17) is 16.0 Å². The molecule has 24 heavy (non-hydrogen) atoms. The number of rotatable bonds is 4. The molecule has 1 saturated heterocycles. The summed E-state index contributed by atoms with van der Waals surface area (Å²) in [6.45, 7) is 1.83. The average Bonchev–Trinajstić information content (AvgIpc) is 3.28. The largest absolute Gasteiger partial charge is 0.419 e. The van der Waals surface area contributed by atoms with Gasteiger partial charge in [-0.25, -0.2) is 0 Å². The normalized spacial score (nSPS) is 18.8. The third-order valence-corrected chi connectivity index (χ3v) is 5.49. The van der Waals surface area contributed by atoms with Crippen LogP contribution in [0.4, 0.5) is 0 Å². The number of thiophene rings is 1. The van der Waals surface area contributed by atoms with E-state index in [0.717, 1.165) is 35.7 Å². The van der Waals surface area contributed by atoms with Crippen LogP contribution in [0.1, 0.15) is 36.8 Å². The van der Waals surface area contributed by atoms with E-state index in [2.05, 4.69) is 21.2 Å². The van der Waals surface area contributed by atoms with E-state index < -0.39 is 0 Å². The fraction of sp³-hybridized carbons (Fsp3) is 0.333. The molecule has 1 fully saturated rings. The Morgan fingerprint density at radius 2 is 2.12 bits per heavy atom. The van der Waals surface area contributed by atoms with Gasteiger partial charge in [-0.1, -0.05) is 36.2 Å². The predicted octanol–water partition coefficient (Wildman–Crippen LogP) is 5.18. The molecule has 0 spiro atoms. The Hall–Kier alpha value is -1.69. The number of likely N-dealkylation sites (tertiary alicyclic amines) is 1. The maximum absolute atomic E-state index is 6.33. The molecule has 1 unspecified atom stereocenters. The highest BCUT2D eigenvalue weighted by molar-refractivity contribution is 7.08. The van der Waals surface area contributed by atoms with Gasteiger partial charge in [-0.2, -0.15) is 11.3 Å². The summed E-state index contributed by atoms with van der Waals surface area (Å²) in [7, 11) is 0. The van der Waals surface area contributed by atoms with Crippen molar-refractivity contribution in [3.8, 4) is 11.5 Å². The lowest BCUT2D eigenvalue weighted by molar-refractivity contribution is 0.118. The molecule has 0 radical (unpaired) electrons. The smallest absolute Gasteiger partial charge is 0.248 e. The van der Waals surface area contributed by atoms with E-state index in [9.17, 15) is 0 Å². The second-order valence-electron chi connectivity index (χ2n) is 6.03. The van der Waals surface area contributed by atoms with Crippen molar-refractivity contribution < 1.29 is 4.42 Å². The topological polar surface area (TPSA) is 42.2 Å². The first-order valence-electron chi connectivity index (χ1n) is 8.15. The molecule has 0 N–H and O–H groups in total. The number of benzene rings is 1. The summed E-state index contributed by atoms with van der Waals surface area (Å²) in [6.07, 6.45) is 3.40. The van der Waals surface area contributed by atoms with Gasteiger partial charge in [0.25, 0.3) is 0 Å². The van der Waals surface area contributed by atoms with Crippen molar-refractivity contribution in [2.24, 2.45) is 0 Å². The van der Waals surface area contributed by atoms with Crippen LogP contribution < -0.4 is 0 Å². The van der Waals surface area contributed by atoms with Crippen LogP contribution in [-0.4, -0.2) is 21.6 Å². The predicted molar refractivity (Wildman–Crippen MR) is 96.1 cm³/mol. The van der Waals surface area contributed by atoms with Crippen molar-refractivity contribution in [3.05, 3.63) is 57.6 Å². The maximum atomic E-state index is 6.33. The second-order valence-corrected chi connectivity index (χ2v) is 7.22. The van der Waals surface area contributed by atoms with E-state index in [1.807, 2.05) is 35.0 Å². The van der Waals surface area contributed by atoms with Crippen molar-refractivity contribution >= 4 is 22.9 Å². The summed E-state index contributed by atoms with van der Waals surface area (Å²) in [4.78, 5) is 2.40. The summed E-state index contributed by atoms with van der Waals surface area (Å²) < 4.78 is 5.98. The summed E-state index contributed by atoms with van der Waals surface area (Å²) in [6, 6.07) is 10.2. The maximum Gasteiger partial charge on any atom is 0.248 e. The third kappa shape index (κ3) is 3.24. The summed E-state index contributed by atoms with van der Waals surface area (Å²) >= 11 is 7.96. The van der Waals surface area contributed by atoms with Gasteiger partial charge in [-0.15, -0.1) is 10.2 Å². The van der Waals surface area contributed by atoms with Crippen molar-refractivity contribution in [2.75, 3.05) is 6.54 Å². The van der Waals surface area contributed by atoms with Crippen LogP contribution in [0, 0.1) is 0 Å². The minimum atomic E-state index is 0.162. The SMILES string of the molecule is Clc1ccccc1CN1CCCCC1c1nnc(-c2ccsc2)o1. The molecule has 1 aliphatic rings. The van der Waals surface area contributed by atoms with Crippen LogP contribution in [0.5, 0.6) is 0 Å². The molecular weight excluding hydrogens is 342 g/mol. The first-order chi connectivity index (χ1) is 11.8. The van der Waals surface area contributed by atoms with Crippen LogP contribution in [0.2, 0.25) is 5.02 Å². The van der Waals surface area contributed by atoms with Crippen molar-refractivity contribution in [2.45, 2.75) is 31.8 Å². The third-order valence-electron chi connectivity index (χ3n) is 4.44. The zero-order valence-electron chi connectivity index (χ0n) is 13.2. The molecule has 0 aliphatic carbocycles. The molecule has 4 rings (SSSR count). The van der Waals surface area contributed by atoms with Crippen LogP contribution in [0.25, 0.3) is 11.5 Å². The summed E-state index contributed by atoms with van der Waals surface area (Å²) in [5.41, 5.74) is 2.14. The number of piperidine rings is 1. The van der Waals surface area contributed by atoms with Crippen molar-refractivity contribution in [3.63, 3.8) is 0 Å². The minimum absolute atomic E-state index is 0.162. The average molecular weight is 360 g/mol. The Morgan fingerprint density at radius 3 is 2.96 bits per heavy atom. The van der Waals surface area contributed by atoms with Gasteiger partial charge >= 0.3 is 0 Å². The van der Waals surface area contributed by atoms with Crippen molar-refractivity contribution in [1.82, 2.24) is 15.1 Å². The first kappa shape index (κ1) is 15.8. The highest BCUT2D eigenvalue weighted by Gasteiger charge is 2.29. The van der Waals surface area contributed by atoms with E-state index in [1.165, 1.54) is 12.8 Å². The fourth-order valence-electron chi connectivity index (χ4n) is 3.18. The molecule has 0 amide bonds. The lowest BCUT2D eigenvalue weighted by Gasteiger charge is -2.33. The Labute approximate surface area is 150 Å². The van der Waals surface area contributed by atoms with Gasteiger partial charge in [0.2, 0.25) is 11.8 Å². The van der Waals surface area contributed by atoms with Gasteiger partial charge in [-0.05, 0) is 42.5 Å². The summed E-state index contributed by atoms with van der Waals surface area (Å²) in [5.74, 6) is 1.32. The van der Waals surface area contributed by atoms with Gasteiger partial charge in [0.1, 0.15) is 0 Å². The Morgan fingerprint density at radius 1 is 1.21 bits per heavy atom. The van der Waals surface area contributed by atoms with Gasteiger partial charge in [-0.3, -0.25) is 4.90 Å². The monoisotopic (exact) mass is 359 g/mol. The molecule has 1 aromatic carbocycles. The molecule has 3 aromatic rings. The lowest BCUT2D eigenvalue weighted by atomic mass is 10.0. The number of aromatic nitrogens is 2. The molecule has 4 nitrogen and oxygen atoms in total. The van der Waals surface area contributed by atoms with Crippen LogP contribution in [0.3, 0.4) is 0 Å². The Kier molecular flexibility index (Phi) is 4.65.